The summed E-state index contributed by atoms with van der Waals surface area (Å²) in [5.74, 6) is 1.27. The molecule has 0 unspecified atom stereocenters. The number of benzene rings is 2. The first-order valence-electron chi connectivity index (χ1n) is 14.7. The van der Waals surface area contributed by atoms with Crippen molar-refractivity contribution in [3.8, 4) is 0 Å². The maximum atomic E-state index is 12.3. The fraction of sp³-hybridized carbons (Fsp3) is 0.286. The third kappa shape index (κ3) is 12.2. The van der Waals surface area contributed by atoms with E-state index in [-0.39, 0.29) is 117 Å². The number of anilines is 8. The minimum atomic E-state index is -5.02. The van der Waals surface area contributed by atoms with Crippen LogP contribution >= 0.6 is 0 Å². The van der Waals surface area contributed by atoms with Crippen molar-refractivity contribution in [2.75, 3.05) is 58.1 Å². The smallest absolute Gasteiger partial charge is 0.744 e. The minimum absolute atomic E-state index is 0. The summed E-state index contributed by atoms with van der Waals surface area (Å²) in [7, 11) is -10.0. The Morgan fingerprint density at radius 3 is 1.06 bits per heavy atom. The molecule has 256 valence electrons. The van der Waals surface area contributed by atoms with Crippen molar-refractivity contribution >= 4 is 79.5 Å². The summed E-state index contributed by atoms with van der Waals surface area (Å²) < 4.78 is 73.6. The van der Waals surface area contributed by atoms with Gasteiger partial charge in [-0.3, -0.25) is 0 Å². The molecule has 0 atom stereocenters. The quantitative estimate of drug-likeness (QED) is 0.0386. The summed E-state index contributed by atoms with van der Waals surface area (Å²) in [6.45, 7) is 9.61. The Kier molecular flexibility index (Phi) is 16.7. The molecule has 2 aromatic carbocycles. The van der Waals surface area contributed by atoms with Gasteiger partial charge in [0.1, 0.15) is 20.2 Å². The molecule has 0 bridgehead atoms. The summed E-state index contributed by atoms with van der Waals surface area (Å²) in [5.41, 5.74) is 0.260. The zero-order valence-corrected chi connectivity index (χ0v) is 34.0. The molecule has 0 aliphatic carbocycles. The Hall–Kier alpha value is -3.18. The van der Waals surface area contributed by atoms with Gasteiger partial charge in [0.15, 0.2) is 0 Å². The normalized spacial score (nSPS) is 11.2. The van der Waals surface area contributed by atoms with Crippen LogP contribution in [0.4, 0.5) is 47.1 Å². The van der Waals surface area contributed by atoms with Gasteiger partial charge in [0.25, 0.3) is 0 Å². The van der Waals surface area contributed by atoms with Crippen LogP contribution in [0.3, 0.4) is 0 Å². The van der Waals surface area contributed by atoms with Crippen LogP contribution in [-0.2, 0) is 20.2 Å². The Bertz CT molecular complexity index is 1830. The van der Waals surface area contributed by atoms with Gasteiger partial charge in [0.2, 0.25) is 35.7 Å². The number of nitrogens with one attached hydrogen (secondary N) is 6. The van der Waals surface area contributed by atoms with Gasteiger partial charge in [0.05, 0.1) is 9.79 Å². The van der Waals surface area contributed by atoms with Crippen molar-refractivity contribution < 1.29 is 85.1 Å². The number of hydrogen-bond acceptors (Lipinski definition) is 18. The average molecular weight is 745 g/mol. The van der Waals surface area contributed by atoms with Crippen LogP contribution < -0.4 is 91.0 Å². The van der Waals surface area contributed by atoms with Gasteiger partial charge >= 0.3 is 59.1 Å². The summed E-state index contributed by atoms with van der Waals surface area (Å²) in [6.07, 6.45) is 2.44. The number of nitrogens with zero attached hydrogens (tertiary/aromatic N) is 6. The van der Waals surface area contributed by atoms with E-state index in [1.807, 2.05) is 27.7 Å². The maximum absolute atomic E-state index is 12.3. The first-order valence-corrected chi connectivity index (χ1v) is 17.5. The molecule has 2 aromatic heterocycles. The first-order chi connectivity index (χ1) is 22.8. The molecule has 50 heavy (non-hydrogen) atoms. The van der Waals surface area contributed by atoms with Crippen LogP contribution in [0.5, 0.6) is 0 Å². The van der Waals surface area contributed by atoms with Crippen LogP contribution in [0.2, 0.25) is 0 Å². The second kappa shape index (κ2) is 19.4. The molecule has 0 radical (unpaired) electrons. The standard InChI is InChI=1S/C28H36N12O6S2.2Na/c1-5-29-23-35-24(30-6-2)38-27(37-23)33-19-13-11-17(21(15-19)47(41,42)43)9-10-18-12-14-20(16-22(18)48(44,45)46)34-28-39-25(31-7-3)36-26(40-28)32-8-4;;/h9-16H,5-8H2,1-4H3,(H,41,42,43)(H,44,45,46)(H3,29,30,33,35,37,38)(H3,31,32,34,36,39,40);;/q;2*+1/p-2. The van der Waals surface area contributed by atoms with Gasteiger partial charge in [0, 0.05) is 37.6 Å². The molecule has 0 saturated carbocycles. The van der Waals surface area contributed by atoms with E-state index in [2.05, 4.69) is 61.8 Å². The van der Waals surface area contributed by atoms with Gasteiger partial charge in [-0.2, -0.15) is 29.9 Å². The SMILES string of the molecule is CCNc1nc(NCC)nc(Nc2ccc(C=Cc3ccc(Nc4nc(NCC)nc(NCC)n4)cc3S(=O)(=O)[O-])c(S(=O)(=O)[O-])c2)n1.[Na+].[Na+]. The summed E-state index contributed by atoms with van der Waals surface area (Å²) in [5, 5.41) is 17.6. The van der Waals surface area contributed by atoms with Gasteiger partial charge in [-0.15, -0.1) is 0 Å². The van der Waals surface area contributed by atoms with Crippen LogP contribution in [0.15, 0.2) is 46.2 Å². The first kappa shape index (κ1) is 43.0. The zero-order valence-electron chi connectivity index (χ0n) is 28.4. The van der Waals surface area contributed by atoms with Crippen LogP contribution in [-0.4, -0.2) is 82.0 Å². The molecule has 0 amide bonds. The molecule has 4 rings (SSSR count). The van der Waals surface area contributed by atoms with Gasteiger partial charge < -0.3 is 41.0 Å². The predicted octanol–water partition coefficient (Wildman–Crippen LogP) is -2.74. The van der Waals surface area contributed by atoms with E-state index in [4.69, 9.17) is 0 Å². The maximum Gasteiger partial charge on any atom is 1.00 e. The predicted molar refractivity (Wildman–Crippen MR) is 181 cm³/mol. The Morgan fingerprint density at radius 2 is 0.800 bits per heavy atom. The third-order valence-corrected chi connectivity index (χ3v) is 7.92. The largest absolute Gasteiger partial charge is 1.00 e. The molecule has 6 N–H and O–H groups in total. The van der Waals surface area contributed by atoms with Gasteiger partial charge in [-0.25, -0.2) is 16.8 Å². The summed E-state index contributed by atoms with van der Waals surface area (Å²) >= 11 is 0. The molecule has 4 aromatic rings. The molecule has 0 saturated heterocycles. The third-order valence-electron chi connectivity index (χ3n) is 6.13. The van der Waals surface area contributed by atoms with Crippen molar-refractivity contribution in [1.29, 1.82) is 0 Å². The Labute approximate surface area is 334 Å². The van der Waals surface area contributed by atoms with Crippen molar-refractivity contribution in [2.45, 2.75) is 37.5 Å². The average Bonchev–Trinajstić information content (AvgIpc) is 3.00. The minimum Gasteiger partial charge on any atom is -0.744 e. The zero-order chi connectivity index (χ0) is 34.9. The molecular weight excluding hydrogens is 711 g/mol. The monoisotopic (exact) mass is 744 g/mol. The van der Waals surface area contributed by atoms with Gasteiger partial charge in [-0.05, 0) is 63.1 Å². The van der Waals surface area contributed by atoms with Crippen molar-refractivity contribution in [1.82, 2.24) is 29.9 Å². The van der Waals surface area contributed by atoms with E-state index in [1.165, 1.54) is 36.4 Å². The number of rotatable bonds is 16. The molecule has 18 nitrogen and oxygen atoms in total. The van der Waals surface area contributed by atoms with E-state index in [0.29, 0.717) is 26.2 Å². The van der Waals surface area contributed by atoms with E-state index >= 15 is 0 Å². The number of aromatic nitrogens is 6. The summed E-state index contributed by atoms with van der Waals surface area (Å²) in [6, 6.07) is 7.84. The molecule has 2 heterocycles. The van der Waals surface area contributed by atoms with Crippen LogP contribution in [0.1, 0.15) is 38.8 Å². The van der Waals surface area contributed by atoms with E-state index in [0.717, 1.165) is 12.1 Å². The molecule has 0 spiro atoms. The second-order valence-electron chi connectivity index (χ2n) is 9.73. The molecule has 0 fully saturated rings. The van der Waals surface area contributed by atoms with Crippen LogP contribution in [0, 0.1) is 0 Å². The van der Waals surface area contributed by atoms with Gasteiger partial charge in [-0.1, -0.05) is 24.3 Å². The molecular formula is C28H34N12Na2O6S2. The summed E-state index contributed by atoms with van der Waals surface area (Å²) in [4.78, 5) is 24.2. The van der Waals surface area contributed by atoms with Crippen molar-refractivity contribution in [3.63, 3.8) is 0 Å². The van der Waals surface area contributed by atoms with E-state index in [9.17, 15) is 25.9 Å². The fourth-order valence-electron chi connectivity index (χ4n) is 4.18. The molecule has 0 aliphatic heterocycles. The van der Waals surface area contributed by atoms with E-state index < -0.39 is 30.0 Å². The van der Waals surface area contributed by atoms with Crippen LogP contribution in [0.25, 0.3) is 12.2 Å². The second-order valence-corrected chi connectivity index (χ2v) is 12.4. The van der Waals surface area contributed by atoms with E-state index in [1.54, 1.807) is 0 Å². The topological polar surface area (TPSA) is 264 Å². The van der Waals surface area contributed by atoms with Crippen molar-refractivity contribution in [3.05, 3.63) is 47.5 Å². The Balaban J connectivity index is 0.00000433. The Morgan fingerprint density at radius 1 is 0.520 bits per heavy atom. The molecule has 0 aliphatic rings. The van der Waals surface area contributed by atoms with Crippen molar-refractivity contribution in [2.24, 2.45) is 0 Å². The fourth-order valence-corrected chi connectivity index (χ4v) is 5.57. The number of hydrogen-bond donors (Lipinski definition) is 6. The molecule has 22 heteroatoms.